The third-order valence-electron chi connectivity index (χ3n) is 2.38. The lowest BCUT2D eigenvalue weighted by Gasteiger charge is -2.16. The highest BCUT2D eigenvalue weighted by Crippen LogP contribution is 2.21. The molecule has 0 saturated heterocycles. The maximum atomic E-state index is 5.75. The van der Waals surface area contributed by atoms with Crippen molar-refractivity contribution in [1.82, 2.24) is 19.5 Å². The van der Waals surface area contributed by atoms with Crippen LogP contribution in [0.3, 0.4) is 0 Å². The molecule has 0 amide bonds. The molecule has 0 atom stereocenters. The average molecular weight is 207 g/mol. The Morgan fingerprint density at radius 2 is 2.21 bits per heavy atom. The molecule has 2 aromatic rings. The Balaban J connectivity index is 2.28. The fourth-order valence-electron chi connectivity index (χ4n) is 1.72. The molecular formula is C9H7ClN4. The summed E-state index contributed by atoms with van der Waals surface area (Å²) in [6.07, 6.45) is 7.33. The molecule has 1 aliphatic rings. The van der Waals surface area contributed by atoms with Gasteiger partial charge in [0, 0.05) is 30.6 Å². The molecule has 0 bridgehead atoms. The molecule has 0 spiro atoms. The number of hydrogen-bond acceptors (Lipinski definition) is 3. The average Bonchev–Trinajstić information content (AvgIpc) is 2.65. The number of aromatic nitrogens is 4. The molecule has 70 valence electrons. The van der Waals surface area contributed by atoms with Crippen molar-refractivity contribution in [3.05, 3.63) is 35.3 Å². The van der Waals surface area contributed by atoms with E-state index in [4.69, 9.17) is 11.6 Å². The van der Waals surface area contributed by atoms with Gasteiger partial charge in [-0.1, -0.05) is 0 Å². The van der Waals surface area contributed by atoms with Crippen LogP contribution < -0.4 is 0 Å². The number of hydrogen-bond donors (Lipinski definition) is 0. The smallest absolute Gasteiger partial charge is 0.224 e. The van der Waals surface area contributed by atoms with Gasteiger partial charge in [-0.15, -0.1) is 0 Å². The van der Waals surface area contributed by atoms with Gasteiger partial charge >= 0.3 is 0 Å². The first-order valence-corrected chi connectivity index (χ1v) is 4.76. The minimum Gasteiger partial charge on any atom is -0.288 e. The summed E-state index contributed by atoms with van der Waals surface area (Å²) >= 11 is 5.75. The van der Waals surface area contributed by atoms with Crippen molar-refractivity contribution in [2.75, 3.05) is 0 Å². The summed E-state index contributed by atoms with van der Waals surface area (Å²) in [6, 6.07) is 0. The van der Waals surface area contributed by atoms with Crippen molar-refractivity contribution in [3.63, 3.8) is 0 Å². The summed E-state index contributed by atoms with van der Waals surface area (Å²) in [5.74, 6) is 1.90. The van der Waals surface area contributed by atoms with Crippen LogP contribution in [0.2, 0.25) is 5.28 Å². The minimum atomic E-state index is 0.283. The number of rotatable bonds is 0. The minimum absolute atomic E-state index is 0.283. The van der Waals surface area contributed by atoms with E-state index in [0.29, 0.717) is 0 Å². The van der Waals surface area contributed by atoms with Crippen LogP contribution in [0, 0.1) is 0 Å². The molecule has 3 heterocycles. The fourth-order valence-corrected chi connectivity index (χ4v) is 1.85. The normalized spacial score (nSPS) is 13.5. The van der Waals surface area contributed by atoms with Crippen molar-refractivity contribution < 1.29 is 0 Å². The quantitative estimate of drug-likeness (QED) is 0.613. The van der Waals surface area contributed by atoms with Crippen LogP contribution >= 0.6 is 11.6 Å². The number of nitrogens with zero attached hydrogens (tertiary/aromatic N) is 4. The van der Waals surface area contributed by atoms with E-state index in [1.165, 1.54) is 0 Å². The molecule has 2 aromatic heterocycles. The van der Waals surface area contributed by atoms with Gasteiger partial charge in [0.05, 0.1) is 0 Å². The zero-order valence-corrected chi connectivity index (χ0v) is 8.07. The van der Waals surface area contributed by atoms with Gasteiger partial charge in [-0.25, -0.2) is 9.97 Å². The highest BCUT2D eigenvalue weighted by Gasteiger charge is 2.17. The Labute approximate surface area is 85.6 Å². The molecule has 0 N–H and O–H groups in total. The van der Waals surface area contributed by atoms with Crippen LogP contribution in [0.5, 0.6) is 0 Å². The third-order valence-corrected chi connectivity index (χ3v) is 2.56. The second-order valence-electron chi connectivity index (χ2n) is 3.20. The molecule has 0 radical (unpaired) electrons. The summed E-state index contributed by atoms with van der Waals surface area (Å²) in [7, 11) is 0. The molecule has 4 nitrogen and oxygen atoms in total. The Morgan fingerprint density at radius 1 is 1.29 bits per heavy atom. The van der Waals surface area contributed by atoms with Gasteiger partial charge in [-0.3, -0.25) is 4.57 Å². The van der Waals surface area contributed by atoms with E-state index in [0.717, 1.165) is 30.0 Å². The predicted molar refractivity (Wildman–Crippen MR) is 51.6 cm³/mol. The number of imidazole rings is 1. The predicted octanol–water partition coefficient (Wildman–Crippen LogP) is 1.41. The Kier molecular flexibility index (Phi) is 1.58. The Bertz CT molecular complexity index is 491. The van der Waals surface area contributed by atoms with Gasteiger partial charge in [0.25, 0.3) is 0 Å². The Hall–Kier alpha value is -1.42. The first kappa shape index (κ1) is 7.94. The van der Waals surface area contributed by atoms with Gasteiger partial charge < -0.3 is 0 Å². The van der Waals surface area contributed by atoms with Gasteiger partial charge in [0.2, 0.25) is 5.28 Å². The van der Waals surface area contributed by atoms with Gasteiger partial charge in [0.1, 0.15) is 11.6 Å². The fraction of sp³-hybridized carbons (Fsp3) is 0.222. The number of aryl methyl sites for hydroxylation is 2. The van der Waals surface area contributed by atoms with Crippen molar-refractivity contribution in [1.29, 1.82) is 0 Å². The maximum Gasteiger partial charge on any atom is 0.224 e. The van der Waals surface area contributed by atoms with Crippen LogP contribution in [0.25, 0.3) is 5.82 Å². The van der Waals surface area contributed by atoms with Crippen molar-refractivity contribution in [2.24, 2.45) is 0 Å². The lowest BCUT2D eigenvalue weighted by molar-refractivity contribution is 0.749. The summed E-state index contributed by atoms with van der Waals surface area (Å²) in [5, 5.41) is 0.283. The topological polar surface area (TPSA) is 43.6 Å². The summed E-state index contributed by atoms with van der Waals surface area (Å²) in [6.45, 7) is 0. The van der Waals surface area contributed by atoms with Crippen molar-refractivity contribution >= 4 is 11.6 Å². The first-order chi connectivity index (χ1) is 6.84. The number of halogens is 1. The highest BCUT2D eigenvalue weighted by molar-refractivity contribution is 6.28. The monoisotopic (exact) mass is 206 g/mol. The van der Waals surface area contributed by atoms with Gasteiger partial charge in [-0.05, 0) is 18.0 Å². The molecule has 5 heteroatoms. The zero-order valence-electron chi connectivity index (χ0n) is 7.31. The molecule has 0 aliphatic carbocycles. The molecule has 3 rings (SSSR count). The van der Waals surface area contributed by atoms with Crippen molar-refractivity contribution in [3.8, 4) is 5.82 Å². The summed E-state index contributed by atoms with van der Waals surface area (Å²) in [5.41, 5.74) is 1.12. The zero-order chi connectivity index (χ0) is 9.54. The van der Waals surface area contributed by atoms with E-state index in [1.54, 1.807) is 12.4 Å². The largest absolute Gasteiger partial charge is 0.288 e. The van der Waals surface area contributed by atoms with Crippen LogP contribution in [-0.4, -0.2) is 19.5 Å². The third kappa shape index (κ3) is 1.04. The van der Waals surface area contributed by atoms with Gasteiger partial charge in [0.15, 0.2) is 0 Å². The highest BCUT2D eigenvalue weighted by atomic mass is 35.5. The van der Waals surface area contributed by atoms with E-state index in [2.05, 4.69) is 15.0 Å². The van der Waals surface area contributed by atoms with Crippen LogP contribution in [0.4, 0.5) is 0 Å². The molecule has 1 aliphatic heterocycles. The number of fused-ring (bicyclic) bond motifs is 3. The van der Waals surface area contributed by atoms with Crippen LogP contribution in [0.1, 0.15) is 11.4 Å². The van der Waals surface area contributed by atoms with E-state index in [9.17, 15) is 0 Å². The second kappa shape index (κ2) is 2.78. The first-order valence-electron chi connectivity index (χ1n) is 4.38. The lowest BCUT2D eigenvalue weighted by Crippen LogP contribution is -2.14. The molecule has 14 heavy (non-hydrogen) atoms. The Morgan fingerprint density at radius 3 is 3.14 bits per heavy atom. The van der Waals surface area contributed by atoms with Crippen LogP contribution in [-0.2, 0) is 12.8 Å². The second-order valence-corrected chi connectivity index (χ2v) is 3.54. The molecule has 0 fully saturated rings. The molecule has 0 unspecified atom stereocenters. The lowest BCUT2D eigenvalue weighted by atomic mass is 10.1. The summed E-state index contributed by atoms with van der Waals surface area (Å²) < 4.78 is 1.96. The molecule has 0 saturated carbocycles. The van der Waals surface area contributed by atoms with E-state index in [1.807, 2.05) is 10.8 Å². The van der Waals surface area contributed by atoms with E-state index >= 15 is 0 Å². The standard InChI is InChI=1S/C9H7ClN4/c10-9-12-5-6-1-2-7-11-3-4-14(7)8(6)13-9/h3-5H,1-2H2. The maximum absolute atomic E-state index is 5.75. The van der Waals surface area contributed by atoms with Gasteiger partial charge in [-0.2, -0.15) is 4.98 Å². The summed E-state index contributed by atoms with van der Waals surface area (Å²) in [4.78, 5) is 12.4. The van der Waals surface area contributed by atoms with E-state index < -0.39 is 0 Å². The molecule has 0 aromatic carbocycles. The van der Waals surface area contributed by atoms with Crippen molar-refractivity contribution in [2.45, 2.75) is 12.8 Å². The SMILES string of the molecule is Clc1ncc2c(n1)-n1ccnc1CC2. The van der Waals surface area contributed by atoms with Crippen LogP contribution in [0.15, 0.2) is 18.6 Å². The molecular weight excluding hydrogens is 200 g/mol. The van der Waals surface area contributed by atoms with E-state index in [-0.39, 0.29) is 5.28 Å².